The average molecular weight is 690 g/mol. The second-order valence-corrected chi connectivity index (χ2v) is 13.3. The van der Waals surface area contributed by atoms with Gasteiger partial charge in [0.25, 0.3) is 5.69 Å². The van der Waals surface area contributed by atoms with E-state index in [1.165, 1.54) is 51.4 Å². The van der Waals surface area contributed by atoms with Gasteiger partial charge in [0.1, 0.15) is 0 Å². The fourth-order valence-corrected chi connectivity index (χ4v) is 6.76. The molecule has 0 bridgehead atoms. The summed E-state index contributed by atoms with van der Waals surface area (Å²) in [6, 6.07) is 1.73. The van der Waals surface area contributed by atoms with E-state index in [0.29, 0.717) is 42.8 Å². The van der Waals surface area contributed by atoms with E-state index in [1.54, 1.807) is 0 Å². The third-order valence-corrected chi connectivity index (χ3v) is 9.62. The number of hydrogen-bond acceptors (Lipinski definition) is 6. The molecule has 0 heterocycles. The SMILES string of the molecule is CCCCCCCCCCCCCCCCSc1c(F)c(F)c(S(=O)(=O)OCc2c([N+](=O)[O-])cccc2C(F)(F)F)c(F)c1F. The third-order valence-electron chi connectivity index (χ3n) is 7.19. The topological polar surface area (TPSA) is 86.5 Å². The van der Waals surface area contributed by atoms with Crippen LogP contribution < -0.4 is 0 Å². The second-order valence-electron chi connectivity index (χ2n) is 10.6. The Kier molecular flexibility index (Phi) is 16.1. The molecule has 2 aromatic carbocycles. The molecule has 2 rings (SSSR count). The maximum absolute atomic E-state index is 14.8. The Morgan fingerprint density at radius 1 is 0.778 bits per heavy atom. The predicted octanol–water partition coefficient (Wildman–Crippen LogP) is 10.6. The Morgan fingerprint density at radius 3 is 1.69 bits per heavy atom. The zero-order chi connectivity index (χ0) is 33.6. The average Bonchev–Trinajstić information content (AvgIpc) is 2.97. The van der Waals surface area contributed by atoms with Crippen molar-refractivity contribution >= 4 is 27.6 Å². The van der Waals surface area contributed by atoms with E-state index < -0.39 is 77.7 Å². The fourth-order valence-electron chi connectivity index (χ4n) is 4.77. The minimum atomic E-state index is -5.77. The van der Waals surface area contributed by atoms with E-state index in [9.17, 15) is 49.3 Å². The number of thioether (sulfide) groups is 1. The fraction of sp³-hybridized carbons (Fsp3) is 0.600. The first-order valence-corrected chi connectivity index (χ1v) is 17.3. The van der Waals surface area contributed by atoms with Crippen LogP contribution in [-0.2, 0) is 27.1 Å². The number of nitro benzene ring substituents is 1. The van der Waals surface area contributed by atoms with Gasteiger partial charge in [0.15, 0.2) is 28.2 Å². The normalized spacial score (nSPS) is 12.2. The standard InChI is InChI=1S/C30H38F7NO5S2/c1-2-3-4-5-6-7-8-9-10-11-12-13-14-15-19-44-28-24(31)26(33)29(27(34)25(28)32)45(41,42)43-20-21-22(30(35,36)37)17-16-18-23(21)38(39)40/h16-18H,2-15,19-20H2,1H3. The Hall–Kier alpha value is -2.39. The quantitative estimate of drug-likeness (QED) is 0.0247. The van der Waals surface area contributed by atoms with E-state index in [1.807, 2.05) is 0 Å². The van der Waals surface area contributed by atoms with Crippen LogP contribution in [0.25, 0.3) is 0 Å². The van der Waals surface area contributed by atoms with Crippen molar-refractivity contribution in [3.05, 3.63) is 62.7 Å². The first-order valence-electron chi connectivity index (χ1n) is 15.0. The molecule has 0 N–H and O–H groups in total. The number of nitrogens with zero attached hydrogens (tertiary/aromatic N) is 1. The van der Waals surface area contributed by atoms with E-state index in [4.69, 9.17) is 0 Å². The van der Waals surface area contributed by atoms with Crippen molar-refractivity contribution in [1.82, 2.24) is 0 Å². The zero-order valence-corrected chi connectivity index (χ0v) is 26.6. The number of benzene rings is 2. The molecule has 0 saturated carbocycles. The van der Waals surface area contributed by atoms with E-state index in [-0.39, 0.29) is 5.75 Å². The summed E-state index contributed by atoms with van der Waals surface area (Å²) in [5.41, 5.74) is -4.09. The van der Waals surface area contributed by atoms with E-state index >= 15 is 0 Å². The predicted molar refractivity (Wildman–Crippen MR) is 157 cm³/mol. The smallest absolute Gasteiger partial charge is 0.261 e. The summed E-state index contributed by atoms with van der Waals surface area (Å²) in [6.07, 6.45) is 10.1. The molecule has 0 unspecified atom stereocenters. The van der Waals surface area contributed by atoms with Gasteiger partial charge in [-0.05, 0) is 18.2 Å². The highest BCUT2D eigenvalue weighted by Gasteiger charge is 2.39. The molecule has 0 fully saturated rings. The molecule has 0 amide bonds. The maximum atomic E-state index is 14.8. The number of alkyl halides is 3. The first-order chi connectivity index (χ1) is 21.2. The largest absolute Gasteiger partial charge is 0.417 e. The highest BCUT2D eigenvalue weighted by molar-refractivity contribution is 7.99. The summed E-state index contributed by atoms with van der Waals surface area (Å²) in [5.74, 6) is -8.57. The van der Waals surface area contributed by atoms with Gasteiger partial charge in [-0.25, -0.2) is 17.6 Å². The van der Waals surface area contributed by atoms with Gasteiger partial charge < -0.3 is 0 Å². The van der Waals surface area contributed by atoms with E-state index in [2.05, 4.69) is 11.1 Å². The highest BCUT2D eigenvalue weighted by atomic mass is 32.2. The van der Waals surface area contributed by atoms with Gasteiger partial charge in [-0.2, -0.15) is 21.6 Å². The van der Waals surface area contributed by atoms with Crippen LogP contribution in [0.15, 0.2) is 28.0 Å². The molecule has 254 valence electrons. The molecule has 0 saturated heterocycles. The molecule has 0 spiro atoms. The van der Waals surface area contributed by atoms with Crippen molar-refractivity contribution in [2.75, 3.05) is 5.75 Å². The summed E-state index contributed by atoms with van der Waals surface area (Å²) in [4.78, 5) is 6.67. The van der Waals surface area contributed by atoms with Crippen LogP contribution in [0, 0.1) is 33.4 Å². The van der Waals surface area contributed by atoms with Gasteiger partial charge in [0.2, 0.25) is 0 Å². The lowest BCUT2D eigenvalue weighted by molar-refractivity contribution is -0.386. The summed E-state index contributed by atoms with van der Waals surface area (Å²) < 4.78 is 128. The molecular formula is C30H38F7NO5S2. The minimum Gasteiger partial charge on any atom is -0.261 e. The molecule has 2 aromatic rings. The first kappa shape index (κ1) is 38.8. The Morgan fingerprint density at radius 2 is 1.24 bits per heavy atom. The van der Waals surface area contributed by atoms with Crippen molar-refractivity contribution in [2.24, 2.45) is 0 Å². The number of unbranched alkanes of at least 4 members (excludes halogenated alkanes) is 13. The zero-order valence-electron chi connectivity index (χ0n) is 25.0. The van der Waals surface area contributed by atoms with Crippen molar-refractivity contribution in [3.63, 3.8) is 0 Å². The molecule has 0 aliphatic carbocycles. The summed E-state index contributed by atoms with van der Waals surface area (Å²) >= 11 is 0.460. The molecule has 0 atom stereocenters. The molecule has 0 aliphatic heterocycles. The van der Waals surface area contributed by atoms with Gasteiger partial charge in [-0.1, -0.05) is 96.5 Å². The second kappa shape index (κ2) is 18.7. The molecular weight excluding hydrogens is 651 g/mol. The molecule has 45 heavy (non-hydrogen) atoms. The van der Waals surface area contributed by atoms with Crippen molar-refractivity contribution in [3.8, 4) is 0 Å². The highest BCUT2D eigenvalue weighted by Crippen LogP contribution is 2.38. The number of nitro groups is 1. The molecule has 0 aliphatic rings. The van der Waals surface area contributed by atoms with Crippen LogP contribution >= 0.6 is 11.8 Å². The molecule has 0 radical (unpaired) electrons. The van der Waals surface area contributed by atoms with Crippen LogP contribution in [0.1, 0.15) is 108 Å². The molecule has 6 nitrogen and oxygen atoms in total. The Balaban J connectivity index is 1.93. The van der Waals surface area contributed by atoms with Gasteiger partial charge in [0.05, 0.1) is 27.6 Å². The van der Waals surface area contributed by atoms with Gasteiger partial charge >= 0.3 is 16.3 Å². The summed E-state index contributed by atoms with van der Waals surface area (Å²) in [5, 5.41) is 11.2. The van der Waals surface area contributed by atoms with Crippen LogP contribution in [0.4, 0.5) is 36.4 Å². The maximum Gasteiger partial charge on any atom is 0.417 e. The van der Waals surface area contributed by atoms with Crippen LogP contribution in [0.2, 0.25) is 0 Å². The van der Waals surface area contributed by atoms with Crippen molar-refractivity contribution in [2.45, 2.75) is 119 Å². The Labute approximate surface area is 263 Å². The van der Waals surface area contributed by atoms with Gasteiger partial charge in [-0.15, -0.1) is 11.8 Å². The van der Waals surface area contributed by atoms with Crippen molar-refractivity contribution < 1.29 is 48.3 Å². The van der Waals surface area contributed by atoms with Gasteiger partial charge in [-0.3, -0.25) is 14.3 Å². The third kappa shape index (κ3) is 11.7. The summed E-state index contributed by atoms with van der Waals surface area (Å²) in [6.45, 7) is 0.501. The number of hydrogen-bond donors (Lipinski definition) is 0. The van der Waals surface area contributed by atoms with Crippen LogP contribution in [0.3, 0.4) is 0 Å². The monoisotopic (exact) mass is 689 g/mol. The lowest BCUT2D eigenvalue weighted by Crippen LogP contribution is -2.17. The van der Waals surface area contributed by atoms with Crippen LogP contribution in [-0.4, -0.2) is 19.1 Å². The lowest BCUT2D eigenvalue weighted by atomic mass is 10.0. The minimum absolute atomic E-state index is 0.0885. The molecule has 0 aromatic heterocycles. The van der Waals surface area contributed by atoms with Crippen molar-refractivity contribution in [1.29, 1.82) is 0 Å². The lowest BCUT2D eigenvalue weighted by Gasteiger charge is -2.15. The Bertz CT molecular complexity index is 1340. The van der Waals surface area contributed by atoms with Gasteiger partial charge in [0, 0.05) is 6.07 Å². The molecule has 15 heteroatoms. The van der Waals surface area contributed by atoms with E-state index in [0.717, 1.165) is 25.7 Å². The summed E-state index contributed by atoms with van der Waals surface area (Å²) in [7, 11) is -5.77. The number of rotatable bonds is 21. The number of halogens is 7. The van der Waals surface area contributed by atoms with Crippen LogP contribution in [0.5, 0.6) is 0 Å².